The maximum Gasteiger partial charge on any atom is 0.272 e. The van der Waals surface area contributed by atoms with Crippen molar-refractivity contribution in [3.8, 4) is 0 Å². The van der Waals surface area contributed by atoms with Gasteiger partial charge in [0.05, 0.1) is 32.8 Å². The number of hydrogen-bond acceptors (Lipinski definition) is 4. The number of halogens is 2. The van der Waals surface area contributed by atoms with Crippen LogP contribution in [-0.4, -0.2) is 29.3 Å². The second-order valence-electron chi connectivity index (χ2n) is 5.66. The van der Waals surface area contributed by atoms with Crippen molar-refractivity contribution in [2.75, 3.05) is 17.3 Å². The van der Waals surface area contributed by atoms with Gasteiger partial charge in [0.25, 0.3) is 11.8 Å². The highest BCUT2D eigenvalue weighted by atomic mass is 35.5. The van der Waals surface area contributed by atoms with Gasteiger partial charge in [-0.3, -0.25) is 9.59 Å². The number of aryl methyl sites for hydroxylation is 1. The van der Waals surface area contributed by atoms with Gasteiger partial charge in [-0.15, -0.1) is 11.8 Å². The number of aliphatic hydroxyl groups is 1. The van der Waals surface area contributed by atoms with Gasteiger partial charge in [-0.1, -0.05) is 59.1 Å². The fourth-order valence-corrected chi connectivity index (χ4v) is 3.89. The molecule has 0 aliphatic carbocycles. The molecule has 26 heavy (non-hydrogen) atoms. The van der Waals surface area contributed by atoms with Gasteiger partial charge in [0.2, 0.25) is 0 Å². The summed E-state index contributed by atoms with van der Waals surface area (Å²) in [5.41, 5.74) is 2.25. The summed E-state index contributed by atoms with van der Waals surface area (Å²) in [5.74, 6) is -0.613. The minimum atomic E-state index is -0.465. The molecule has 0 bridgehead atoms. The van der Waals surface area contributed by atoms with Crippen molar-refractivity contribution in [2.45, 2.75) is 6.92 Å². The van der Waals surface area contributed by atoms with Crippen molar-refractivity contribution < 1.29 is 14.7 Å². The lowest BCUT2D eigenvalue weighted by molar-refractivity contribution is -0.119. The molecule has 3 rings (SSSR count). The van der Waals surface area contributed by atoms with Gasteiger partial charge in [-0.05, 0) is 24.6 Å². The minimum absolute atomic E-state index is 0.102. The molecule has 0 atom stereocenters. The first kappa shape index (κ1) is 19.0. The van der Waals surface area contributed by atoms with E-state index in [1.165, 1.54) is 0 Å². The normalized spacial score (nSPS) is 14.5. The van der Waals surface area contributed by atoms with Crippen LogP contribution in [0.3, 0.4) is 0 Å². The lowest BCUT2D eigenvalue weighted by Crippen LogP contribution is -2.31. The van der Waals surface area contributed by atoms with Crippen molar-refractivity contribution >= 4 is 58.0 Å². The van der Waals surface area contributed by atoms with Crippen LogP contribution in [0.5, 0.6) is 0 Å². The minimum Gasteiger partial charge on any atom is -0.396 e. The second kappa shape index (κ2) is 7.84. The fraction of sp³-hybridized carbons (Fsp3) is 0.158. The van der Waals surface area contributed by atoms with Gasteiger partial charge in [0, 0.05) is 5.75 Å². The zero-order valence-corrected chi connectivity index (χ0v) is 16.2. The van der Waals surface area contributed by atoms with Gasteiger partial charge >= 0.3 is 0 Å². The first-order valence-corrected chi connectivity index (χ1v) is 9.57. The Kier molecular flexibility index (Phi) is 5.73. The van der Waals surface area contributed by atoms with Crippen LogP contribution in [0.25, 0.3) is 5.57 Å². The summed E-state index contributed by atoms with van der Waals surface area (Å²) in [5, 5.41) is 9.55. The van der Waals surface area contributed by atoms with Crippen LogP contribution in [-0.2, 0) is 9.59 Å². The third-order valence-corrected chi connectivity index (χ3v) is 5.75. The van der Waals surface area contributed by atoms with E-state index in [0.29, 0.717) is 21.8 Å². The average molecular weight is 408 g/mol. The Morgan fingerprint density at radius 3 is 2.38 bits per heavy atom. The lowest BCUT2D eigenvalue weighted by Gasteiger charge is -2.17. The molecule has 1 aliphatic heterocycles. The molecule has 0 radical (unpaired) electrons. The summed E-state index contributed by atoms with van der Waals surface area (Å²) in [6.07, 6.45) is 0. The third-order valence-electron chi connectivity index (χ3n) is 3.89. The van der Waals surface area contributed by atoms with Crippen molar-refractivity contribution in [3.63, 3.8) is 0 Å². The van der Waals surface area contributed by atoms with Crippen molar-refractivity contribution in [3.05, 3.63) is 68.5 Å². The number of aliphatic hydroxyl groups excluding tert-OH is 1. The van der Waals surface area contributed by atoms with Crippen LogP contribution in [0.1, 0.15) is 11.1 Å². The molecule has 2 amide bonds. The van der Waals surface area contributed by atoms with Crippen LogP contribution in [0.4, 0.5) is 5.69 Å². The maximum atomic E-state index is 13.1. The number of carbonyl (C=O) groups excluding carboxylic acids is 2. The topological polar surface area (TPSA) is 57.6 Å². The van der Waals surface area contributed by atoms with Crippen molar-refractivity contribution in [1.82, 2.24) is 0 Å². The summed E-state index contributed by atoms with van der Waals surface area (Å²) in [4.78, 5) is 27.4. The van der Waals surface area contributed by atoms with E-state index in [1.54, 1.807) is 30.3 Å². The molecule has 2 aromatic rings. The van der Waals surface area contributed by atoms with E-state index in [-0.39, 0.29) is 22.3 Å². The molecular formula is C19H15Cl2NO3S. The molecule has 0 fully saturated rings. The third kappa shape index (κ3) is 3.40. The monoisotopic (exact) mass is 407 g/mol. The van der Waals surface area contributed by atoms with Crippen LogP contribution in [0, 0.1) is 6.92 Å². The number of carbonyl (C=O) groups is 2. The van der Waals surface area contributed by atoms with Gasteiger partial charge in [0.1, 0.15) is 0 Å². The second-order valence-corrected chi connectivity index (χ2v) is 7.55. The van der Waals surface area contributed by atoms with Gasteiger partial charge in [0.15, 0.2) is 0 Å². The molecule has 1 aliphatic rings. The highest BCUT2D eigenvalue weighted by molar-refractivity contribution is 8.04. The molecule has 4 nitrogen and oxygen atoms in total. The van der Waals surface area contributed by atoms with Gasteiger partial charge in [-0.25, -0.2) is 4.90 Å². The average Bonchev–Trinajstić information content (AvgIpc) is 2.87. The number of nitrogens with zero attached hydrogens (tertiary/aromatic N) is 1. The molecule has 2 aromatic carbocycles. The van der Waals surface area contributed by atoms with E-state index in [1.807, 2.05) is 19.1 Å². The zero-order valence-electron chi connectivity index (χ0n) is 13.8. The predicted molar refractivity (Wildman–Crippen MR) is 107 cm³/mol. The number of hydrogen-bond donors (Lipinski definition) is 1. The van der Waals surface area contributed by atoms with Gasteiger partial charge in [-0.2, -0.15) is 0 Å². The number of benzene rings is 2. The largest absolute Gasteiger partial charge is 0.396 e. The van der Waals surface area contributed by atoms with Crippen molar-refractivity contribution in [1.29, 1.82) is 0 Å². The van der Waals surface area contributed by atoms with E-state index in [9.17, 15) is 9.59 Å². The molecule has 7 heteroatoms. The molecule has 0 saturated heterocycles. The molecule has 0 unspecified atom stereocenters. The number of thioether (sulfide) groups is 1. The molecule has 0 spiro atoms. The molecule has 0 aromatic heterocycles. The number of amides is 2. The summed E-state index contributed by atoms with van der Waals surface area (Å²) < 4.78 is 0. The Bertz CT molecular complexity index is 910. The Morgan fingerprint density at radius 1 is 1.04 bits per heavy atom. The van der Waals surface area contributed by atoms with Crippen LogP contribution in [0.15, 0.2) is 47.4 Å². The van der Waals surface area contributed by atoms with Crippen LogP contribution >= 0.6 is 35.0 Å². The summed E-state index contributed by atoms with van der Waals surface area (Å²) in [6.45, 7) is 1.84. The Hall–Kier alpha value is -1.79. The van der Waals surface area contributed by atoms with E-state index < -0.39 is 11.8 Å². The maximum absolute atomic E-state index is 13.1. The Labute approximate surface area is 165 Å². The highest BCUT2D eigenvalue weighted by Crippen LogP contribution is 2.41. The van der Waals surface area contributed by atoms with E-state index in [2.05, 4.69) is 0 Å². The summed E-state index contributed by atoms with van der Waals surface area (Å²) >= 11 is 13.4. The van der Waals surface area contributed by atoms with Gasteiger partial charge < -0.3 is 5.11 Å². The predicted octanol–water partition coefficient (Wildman–Crippen LogP) is 4.31. The number of rotatable bonds is 5. The Morgan fingerprint density at radius 2 is 1.73 bits per heavy atom. The first-order chi connectivity index (χ1) is 12.5. The van der Waals surface area contributed by atoms with E-state index in [4.69, 9.17) is 28.3 Å². The molecule has 134 valence electrons. The molecule has 0 saturated carbocycles. The Balaban J connectivity index is 2.11. The van der Waals surface area contributed by atoms with Crippen LogP contribution in [0.2, 0.25) is 10.0 Å². The summed E-state index contributed by atoms with van der Waals surface area (Å²) in [7, 11) is 0. The molecule has 1 N–H and O–H groups in total. The molecular weight excluding hydrogens is 393 g/mol. The lowest BCUT2D eigenvalue weighted by atomic mass is 10.0. The SMILES string of the molecule is Cc1ccc(C2=C(SCCO)C(=O)N(c3cccc(Cl)c3Cl)C2=O)cc1. The standard InChI is InChI=1S/C19H15Cl2NO3S/c1-11-5-7-12(8-6-11)15-17(26-10-9-23)19(25)22(18(15)24)14-4-2-3-13(20)16(14)21/h2-8,23H,9-10H2,1H3. The quantitative estimate of drug-likeness (QED) is 0.750. The number of anilines is 1. The number of imide groups is 1. The highest BCUT2D eigenvalue weighted by Gasteiger charge is 2.41. The first-order valence-electron chi connectivity index (χ1n) is 7.83. The van der Waals surface area contributed by atoms with Crippen LogP contribution < -0.4 is 4.90 Å². The van der Waals surface area contributed by atoms with E-state index in [0.717, 1.165) is 22.2 Å². The fourth-order valence-electron chi connectivity index (χ4n) is 2.65. The van der Waals surface area contributed by atoms with E-state index >= 15 is 0 Å². The zero-order chi connectivity index (χ0) is 18.8. The van der Waals surface area contributed by atoms with Crippen molar-refractivity contribution in [2.24, 2.45) is 0 Å². The molecule has 1 heterocycles. The summed E-state index contributed by atoms with van der Waals surface area (Å²) in [6, 6.07) is 12.2. The smallest absolute Gasteiger partial charge is 0.272 e.